The summed E-state index contributed by atoms with van der Waals surface area (Å²) >= 11 is 0. The number of hydrogen-bond donors (Lipinski definition) is 3. The largest absolute Gasteiger partial charge is 0.508 e. The quantitative estimate of drug-likeness (QED) is 0.706. The number of aliphatic hydroxyl groups excluding tert-OH is 1. The lowest BCUT2D eigenvalue weighted by Gasteiger charge is -2.19. The number of amides is 1. The molecule has 0 radical (unpaired) electrons. The topological polar surface area (TPSA) is 92.8 Å². The Morgan fingerprint density at radius 1 is 1.44 bits per heavy atom. The number of benzene rings is 1. The van der Waals surface area contributed by atoms with Crippen molar-refractivity contribution in [2.75, 3.05) is 0 Å². The molecule has 5 heteroatoms. The number of aromatic hydroxyl groups is 1. The average Bonchev–Trinajstić information content (AvgIpc) is 2.19. The minimum absolute atomic E-state index is 0.160. The molecule has 0 spiro atoms. The first-order chi connectivity index (χ1) is 7.49. The number of aliphatic hydroxyl groups is 1. The van der Waals surface area contributed by atoms with Crippen molar-refractivity contribution in [1.29, 1.82) is 0 Å². The predicted octanol–water partition coefficient (Wildman–Crippen LogP) is 0.779. The van der Waals surface area contributed by atoms with Gasteiger partial charge < -0.3 is 20.7 Å². The number of carbonyl (C=O) groups excluding carboxylic acids is 1. The summed E-state index contributed by atoms with van der Waals surface area (Å²) in [5.74, 6) is 0.160. The first-order valence-corrected chi connectivity index (χ1v) is 4.91. The van der Waals surface area contributed by atoms with Crippen LogP contribution in [0.1, 0.15) is 12.5 Å². The van der Waals surface area contributed by atoms with E-state index in [4.69, 9.17) is 15.6 Å². The van der Waals surface area contributed by atoms with Crippen LogP contribution < -0.4 is 5.73 Å². The van der Waals surface area contributed by atoms with Crippen molar-refractivity contribution in [3.8, 4) is 5.75 Å². The van der Waals surface area contributed by atoms with E-state index in [-0.39, 0.29) is 5.75 Å². The summed E-state index contributed by atoms with van der Waals surface area (Å²) in [7, 11) is 0. The van der Waals surface area contributed by atoms with Crippen LogP contribution in [0.15, 0.2) is 24.3 Å². The number of hydrogen-bond acceptors (Lipinski definition) is 4. The zero-order valence-corrected chi connectivity index (χ0v) is 8.96. The summed E-state index contributed by atoms with van der Waals surface area (Å²) in [5, 5.41) is 18.5. The van der Waals surface area contributed by atoms with Crippen molar-refractivity contribution < 1.29 is 19.7 Å². The third kappa shape index (κ3) is 3.78. The molecule has 2 unspecified atom stereocenters. The van der Waals surface area contributed by atoms with Crippen molar-refractivity contribution >= 4 is 6.09 Å². The molecule has 0 saturated heterocycles. The lowest BCUT2D eigenvalue weighted by Crippen LogP contribution is -2.33. The summed E-state index contributed by atoms with van der Waals surface area (Å²) in [6, 6.07) is 6.43. The molecule has 88 valence electrons. The molecule has 16 heavy (non-hydrogen) atoms. The third-order valence-electron chi connectivity index (χ3n) is 2.18. The van der Waals surface area contributed by atoms with E-state index in [1.807, 2.05) is 0 Å². The Hall–Kier alpha value is -1.75. The third-order valence-corrected chi connectivity index (χ3v) is 2.18. The molecule has 1 aromatic carbocycles. The molecule has 0 heterocycles. The zero-order chi connectivity index (χ0) is 12.1. The van der Waals surface area contributed by atoms with Crippen molar-refractivity contribution in [3.05, 3.63) is 29.8 Å². The number of phenolic OH excluding ortho intramolecular Hbond substituents is 1. The van der Waals surface area contributed by atoms with E-state index in [0.717, 1.165) is 5.56 Å². The van der Waals surface area contributed by atoms with Crippen LogP contribution in [-0.4, -0.2) is 28.5 Å². The van der Waals surface area contributed by atoms with Crippen LogP contribution in [0.3, 0.4) is 0 Å². The van der Waals surface area contributed by atoms with E-state index in [2.05, 4.69) is 0 Å². The van der Waals surface area contributed by atoms with Gasteiger partial charge in [-0.05, 0) is 24.6 Å². The van der Waals surface area contributed by atoms with Crippen LogP contribution in [0, 0.1) is 0 Å². The Bertz CT molecular complexity index is 348. The Morgan fingerprint density at radius 2 is 2.00 bits per heavy atom. The van der Waals surface area contributed by atoms with Crippen molar-refractivity contribution in [2.24, 2.45) is 5.73 Å². The molecule has 0 aromatic heterocycles. The molecule has 0 aliphatic heterocycles. The van der Waals surface area contributed by atoms with Crippen LogP contribution >= 0.6 is 0 Å². The Balaban J connectivity index is 2.67. The van der Waals surface area contributed by atoms with Crippen LogP contribution in [0.2, 0.25) is 0 Å². The molecular formula is C11H15NO4. The summed E-state index contributed by atoms with van der Waals surface area (Å²) in [6.07, 6.45) is -2.05. The fourth-order valence-electron chi connectivity index (χ4n) is 1.32. The van der Waals surface area contributed by atoms with Gasteiger partial charge in [0.25, 0.3) is 0 Å². The summed E-state index contributed by atoms with van der Waals surface area (Å²) < 4.78 is 4.77. The number of primary amides is 1. The van der Waals surface area contributed by atoms with Crippen LogP contribution in [-0.2, 0) is 11.2 Å². The van der Waals surface area contributed by atoms with Gasteiger partial charge in [-0.3, -0.25) is 0 Å². The monoisotopic (exact) mass is 225 g/mol. The van der Waals surface area contributed by atoms with Gasteiger partial charge in [0.1, 0.15) is 11.9 Å². The fraction of sp³-hybridized carbons (Fsp3) is 0.364. The highest BCUT2D eigenvalue weighted by atomic mass is 16.6. The van der Waals surface area contributed by atoms with E-state index >= 15 is 0 Å². The first-order valence-electron chi connectivity index (χ1n) is 4.91. The van der Waals surface area contributed by atoms with E-state index in [1.165, 1.54) is 19.1 Å². The number of ether oxygens (including phenoxy) is 1. The molecule has 5 nitrogen and oxygen atoms in total. The molecule has 0 saturated carbocycles. The second-order valence-corrected chi connectivity index (χ2v) is 3.59. The van der Waals surface area contributed by atoms with Gasteiger partial charge in [0.15, 0.2) is 0 Å². The second kappa shape index (κ2) is 5.37. The van der Waals surface area contributed by atoms with Gasteiger partial charge in [0.05, 0.1) is 6.10 Å². The zero-order valence-electron chi connectivity index (χ0n) is 8.96. The SMILES string of the molecule is CC(O)C(Cc1ccc(O)cc1)OC(N)=O. The van der Waals surface area contributed by atoms with E-state index in [1.54, 1.807) is 12.1 Å². The van der Waals surface area contributed by atoms with E-state index in [0.29, 0.717) is 6.42 Å². The molecule has 0 aliphatic rings. The molecule has 4 N–H and O–H groups in total. The number of nitrogens with two attached hydrogens (primary N) is 1. The van der Waals surface area contributed by atoms with Gasteiger partial charge in [0.2, 0.25) is 0 Å². The predicted molar refractivity (Wildman–Crippen MR) is 57.9 cm³/mol. The highest BCUT2D eigenvalue weighted by Gasteiger charge is 2.18. The lowest BCUT2D eigenvalue weighted by atomic mass is 10.0. The van der Waals surface area contributed by atoms with Gasteiger partial charge in [-0.1, -0.05) is 12.1 Å². The normalized spacial score (nSPS) is 14.1. The van der Waals surface area contributed by atoms with Gasteiger partial charge in [-0.2, -0.15) is 0 Å². The van der Waals surface area contributed by atoms with Gasteiger partial charge in [-0.15, -0.1) is 0 Å². The molecule has 0 aliphatic carbocycles. The minimum atomic E-state index is -0.912. The molecule has 0 bridgehead atoms. The first kappa shape index (κ1) is 12.3. The standard InChI is InChI=1S/C11H15NO4/c1-7(13)10(16-11(12)15)6-8-2-4-9(14)5-3-8/h2-5,7,10,13-14H,6H2,1H3,(H2,12,15). The maximum Gasteiger partial charge on any atom is 0.404 e. The van der Waals surface area contributed by atoms with Crippen LogP contribution in [0.5, 0.6) is 5.75 Å². The van der Waals surface area contributed by atoms with Crippen molar-refractivity contribution in [1.82, 2.24) is 0 Å². The van der Waals surface area contributed by atoms with E-state index < -0.39 is 18.3 Å². The number of rotatable bonds is 4. The van der Waals surface area contributed by atoms with Gasteiger partial charge >= 0.3 is 6.09 Å². The molecule has 1 rings (SSSR count). The highest BCUT2D eigenvalue weighted by Crippen LogP contribution is 2.14. The molecule has 2 atom stereocenters. The Morgan fingerprint density at radius 3 is 2.44 bits per heavy atom. The van der Waals surface area contributed by atoms with E-state index in [9.17, 15) is 9.90 Å². The maximum absolute atomic E-state index is 10.6. The van der Waals surface area contributed by atoms with Gasteiger partial charge in [-0.25, -0.2) is 4.79 Å². The van der Waals surface area contributed by atoms with Crippen molar-refractivity contribution in [3.63, 3.8) is 0 Å². The average molecular weight is 225 g/mol. The summed E-state index contributed by atoms with van der Waals surface area (Å²) in [5.41, 5.74) is 5.73. The fourth-order valence-corrected chi connectivity index (χ4v) is 1.32. The Labute approximate surface area is 93.5 Å². The smallest absolute Gasteiger partial charge is 0.404 e. The molecular weight excluding hydrogens is 210 g/mol. The van der Waals surface area contributed by atoms with Gasteiger partial charge in [0, 0.05) is 6.42 Å². The van der Waals surface area contributed by atoms with Crippen molar-refractivity contribution in [2.45, 2.75) is 25.6 Å². The summed E-state index contributed by atoms with van der Waals surface area (Å²) in [6.45, 7) is 1.52. The second-order valence-electron chi connectivity index (χ2n) is 3.59. The highest BCUT2D eigenvalue weighted by molar-refractivity contribution is 5.64. The molecule has 0 fully saturated rings. The molecule has 1 aromatic rings. The summed E-state index contributed by atoms with van der Waals surface area (Å²) in [4.78, 5) is 10.6. The maximum atomic E-state index is 10.6. The lowest BCUT2D eigenvalue weighted by molar-refractivity contribution is 0.0164. The van der Waals surface area contributed by atoms with Crippen LogP contribution in [0.25, 0.3) is 0 Å². The molecule has 1 amide bonds. The number of phenols is 1. The Kier molecular flexibility index (Phi) is 4.13. The van der Waals surface area contributed by atoms with Crippen LogP contribution in [0.4, 0.5) is 4.79 Å². The minimum Gasteiger partial charge on any atom is -0.508 e. The number of carbonyl (C=O) groups is 1.